The van der Waals surface area contributed by atoms with Crippen molar-refractivity contribution in [3.8, 4) is 0 Å². The number of anilines is 1. The Morgan fingerprint density at radius 2 is 1.70 bits per heavy atom. The zero-order valence-electron chi connectivity index (χ0n) is 13.4. The predicted octanol–water partition coefficient (Wildman–Crippen LogP) is 3.73. The number of rotatable bonds is 2. The summed E-state index contributed by atoms with van der Waals surface area (Å²) in [6.07, 6.45) is 0. The Morgan fingerprint density at radius 1 is 1.10 bits per heavy atom. The number of hydrogen-bond acceptors (Lipinski definition) is 2. The molecule has 1 fully saturated rings. The van der Waals surface area contributed by atoms with Crippen molar-refractivity contribution in [1.82, 2.24) is 4.90 Å². The molecule has 0 bridgehead atoms. The van der Waals surface area contributed by atoms with Gasteiger partial charge in [0.25, 0.3) is 0 Å². The van der Waals surface area contributed by atoms with E-state index >= 15 is 0 Å². The van der Waals surface area contributed by atoms with Crippen LogP contribution < -0.4 is 4.90 Å². The maximum atomic E-state index is 14.4. The summed E-state index contributed by atoms with van der Waals surface area (Å²) in [5.74, 6) is 0.265. The molecule has 0 aliphatic carbocycles. The topological polar surface area (TPSA) is 6.48 Å². The van der Waals surface area contributed by atoms with Gasteiger partial charge in [-0.1, -0.05) is 33.8 Å². The Labute approximate surface area is 122 Å². The fourth-order valence-corrected chi connectivity index (χ4v) is 2.60. The standard InChI is InChI=1S/C17H27FN2/c1-13(17(2,3)4)14-6-7-16(15(18)12-14)20-10-8-19(5)9-11-20/h6-7,12-13H,8-11H2,1-5H3. The maximum Gasteiger partial charge on any atom is 0.146 e. The Morgan fingerprint density at radius 3 is 2.20 bits per heavy atom. The molecule has 0 spiro atoms. The molecule has 2 nitrogen and oxygen atoms in total. The van der Waals surface area contributed by atoms with E-state index in [9.17, 15) is 4.39 Å². The monoisotopic (exact) mass is 278 g/mol. The molecular formula is C17H27FN2. The lowest BCUT2D eigenvalue weighted by Gasteiger charge is -2.34. The first-order valence-corrected chi connectivity index (χ1v) is 7.52. The minimum absolute atomic E-state index is 0.0804. The van der Waals surface area contributed by atoms with Gasteiger partial charge in [0, 0.05) is 26.2 Å². The summed E-state index contributed by atoms with van der Waals surface area (Å²) in [7, 11) is 2.11. The second kappa shape index (κ2) is 5.72. The third-order valence-electron chi connectivity index (χ3n) is 4.61. The summed E-state index contributed by atoms with van der Waals surface area (Å²) < 4.78 is 14.4. The van der Waals surface area contributed by atoms with Gasteiger partial charge in [-0.25, -0.2) is 4.39 Å². The van der Waals surface area contributed by atoms with Gasteiger partial charge in [-0.3, -0.25) is 0 Å². The zero-order valence-corrected chi connectivity index (χ0v) is 13.4. The molecule has 1 unspecified atom stereocenters. The van der Waals surface area contributed by atoms with E-state index in [-0.39, 0.29) is 11.2 Å². The second-order valence-electron chi connectivity index (χ2n) is 7.09. The summed E-state index contributed by atoms with van der Waals surface area (Å²) in [6, 6.07) is 5.77. The van der Waals surface area contributed by atoms with Crippen LogP contribution in [0.3, 0.4) is 0 Å². The smallest absolute Gasteiger partial charge is 0.146 e. The van der Waals surface area contributed by atoms with Crippen LogP contribution in [0, 0.1) is 11.2 Å². The Kier molecular flexibility index (Phi) is 4.38. The van der Waals surface area contributed by atoms with Gasteiger partial charge in [0.05, 0.1) is 5.69 Å². The molecule has 2 rings (SSSR count). The first-order chi connectivity index (χ1) is 9.29. The molecule has 0 radical (unpaired) electrons. The molecule has 112 valence electrons. The van der Waals surface area contributed by atoms with Gasteiger partial charge in [-0.15, -0.1) is 0 Å². The molecule has 1 aliphatic rings. The van der Waals surface area contributed by atoms with Crippen LogP contribution in [0.2, 0.25) is 0 Å². The lowest BCUT2D eigenvalue weighted by atomic mass is 9.78. The van der Waals surface area contributed by atoms with E-state index in [2.05, 4.69) is 50.6 Å². The van der Waals surface area contributed by atoms with Gasteiger partial charge < -0.3 is 9.80 Å². The van der Waals surface area contributed by atoms with Gasteiger partial charge in [-0.05, 0) is 36.1 Å². The van der Waals surface area contributed by atoms with E-state index in [1.165, 1.54) is 0 Å². The molecular weight excluding hydrogens is 251 g/mol. The second-order valence-corrected chi connectivity index (χ2v) is 7.09. The van der Waals surface area contributed by atoms with E-state index in [1.807, 2.05) is 6.07 Å². The molecule has 1 aromatic rings. The highest BCUT2D eigenvalue weighted by molar-refractivity contribution is 5.50. The summed E-state index contributed by atoms with van der Waals surface area (Å²) >= 11 is 0. The molecule has 3 heteroatoms. The molecule has 0 saturated carbocycles. The van der Waals surface area contributed by atoms with E-state index in [0.717, 1.165) is 37.4 Å². The first-order valence-electron chi connectivity index (χ1n) is 7.52. The molecule has 1 saturated heterocycles. The highest BCUT2D eigenvalue weighted by atomic mass is 19.1. The fourth-order valence-electron chi connectivity index (χ4n) is 2.60. The van der Waals surface area contributed by atoms with Crippen molar-refractivity contribution in [2.24, 2.45) is 5.41 Å². The average Bonchev–Trinajstić information content (AvgIpc) is 2.38. The molecule has 20 heavy (non-hydrogen) atoms. The van der Waals surface area contributed by atoms with Gasteiger partial charge in [0.2, 0.25) is 0 Å². The molecule has 1 aromatic carbocycles. The summed E-state index contributed by atoms with van der Waals surface area (Å²) in [4.78, 5) is 4.44. The van der Waals surface area contributed by atoms with E-state index in [1.54, 1.807) is 6.07 Å². The lowest BCUT2D eigenvalue weighted by molar-refractivity contribution is 0.311. The molecule has 1 heterocycles. The number of nitrogens with zero attached hydrogens (tertiary/aromatic N) is 2. The van der Waals surface area contributed by atoms with Crippen molar-refractivity contribution in [3.63, 3.8) is 0 Å². The van der Waals surface area contributed by atoms with Crippen molar-refractivity contribution in [2.45, 2.75) is 33.6 Å². The Hall–Kier alpha value is -1.09. The number of benzene rings is 1. The first kappa shape index (κ1) is 15.3. The van der Waals surface area contributed by atoms with Gasteiger partial charge in [-0.2, -0.15) is 0 Å². The fraction of sp³-hybridized carbons (Fsp3) is 0.647. The highest BCUT2D eigenvalue weighted by Crippen LogP contribution is 2.36. The number of piperazine rings is 1. The summed E-state index contributed by atoms with van der Waals surface area (Å²) in [5, 5.41) is 0. The van der Waals surface area contributed by atoms with Crippen LogP contribution in [-0.4, -0.2) is 38.1 Å². The average molecular weight is 278 g/mol. The van der Waals surface area contributed by atoms with Crippen LogP contribution in [0.15, 0.2) is 18.2 Å². The van der Waals surface area contributed by atoms with Crippen molar-refractivity contribution in [2.75, 3.05) is 38.1 Å². The molecule has 0 N–H and O–H groups in total. The van der Waals surface area contributed by atoms with E-state index < -0.39 is 0 Å². The number of likely N-dealkylation sites (N-methyl/N-ethyl adjacent to an activating group) is 1. The predicted molar refractivity (Wildman–Crippen MR) is 84.0 cm³/mol. The minimum atomic E-state index is -0.0804. The van der Waals surface area contributed by atoms with Crippen molar-refractivity contribution in [3.05, 3.63) is 29.6 Å². The summed E-state index contributed by atoms with van der Waals surface area (Å²) in [6.45, 7) is 12.6. The minimum Gasteiger partial charge on any atom is -0.367 e. The van der Waals surface area contributed by atoms with Crippen LogP contribution >= 0.6 is 0 Å². The van der Waals surface area contributed by atoms with Crippen LogP contribution in [0.1, 0.15) is 39.2 Å². The van der Waals surface area contributed by atoms with Crippen LogP contribution in [0.25, 0.3) is 0 Å². The quantitative estimate of drug-likeness (QED) is 0.813. The van der Waals surface area contributed by atoms with Gasteiger partial charge >= 0.3 is 0 Å². The van der Waals surface area contributed by atoms with Crippen LogP contribution in [-0.2, 0) is 0 Å². The Balaban J connectivity index is 2.18. The number of halogens is 1. The van der Waals surface area contributed by atoms with E-state index in [4.69, 9.17) is 0 Å². The lowest BCUT2D eigenvalue weighted by Crippen LogP contribution is -2.44. The molecule has 0 aromatic heterocycles. The third kappa shape index (κ3) is 3.32. The van der Waals surface area contributed by atoms with Crippen molar-refractivity contribution >= 4 is 5.69 Å². The molecule has 0 amide bonds. The highest BCUT2D eigenvalue weighted by Gasteiger charge is 2.23. The van der Waals surface area contributed by atoms with Gasteiger partial charge in [0.15, 0.2) is 0 Å². The normalized spacial score (nSPS) is 19.2. The number of hydrogen-bond donors (Lipinski definition) is 0. The molecule has 1 atom stereocenters. The zero-order chi connectivity index (χ0) is 14.9. The SMILES string of the molecule is CC(c1ccc(N2CCN(C)CC2)c(F)c1)C(C)(C)C. The van der Waals surface area contributed by atoms with Crippen molar-refractivity contribution < 1.29 is 4.39 Å². The maximum absolute atomic E-state index is 14.4. The van der Waals surface area contributed by atoms with Crippen LogP contribution in [0.4, 0.5) is 10.1 Å². The van der Waals surface area contributed by atoms with Crippen LogP contribution in [0.5, 0.6) is 0 Å². The third-order valence-corrected chi connectivity index (χ3v) is 4.61. The van der Waals surface area contributed by atoms with Crippen molar-refractivity contribution in [1.29, 1.82) is 0 Å². The summed E-state index contributed by atoms with van der Waals surface area (Å²) in [5.41, 5.74) is 2.00. The van der Waals surface area contributed by atoms with E-state index in [0.29, 0.717) is 5.92 Å². The Bertz CT molecular complexity index is 457. The van der Waals surface area contributed by atoms with Gasteiger partial charge in [0.1, 0.15) is 5.82 Å². The largest absolute Gasteiger partial charge is 0.367 e. The molecule has 1 aliphatic heterocycles.